The summed E-state index contributed by atoms with van der Waals surface area (Å²) < 4.78 is 21.0. The molecule has 1 aromatic carbocycles. The molecule has 1 heterocycles. The Balaban J connectivity index is 1.96. The van der Waals surface area contributed by atoms with Crippen LogP contribution in [0.3, 0.4) is 0 Å². The zero-order valence-electron chi connectivity index (χ0n) is 12.1. The number of halogens is 1. The first-order valence-electron chi connectivity index (χ1n) is 6.96. The van der Waals surface area contributed by atoms with Crippen LogP contribution >= 0.6 is 0 Å². The second-order valence-electron chi connectivity index (χ2n) is 5.44. The van der Waals surface area contributed by atoms with Crippen molar-refractivity contribution in [2.45, 2.75) is 38.3 Å². The lowest BCUT2D eigenvalue weighted by Gasteiger charge is -2.13. The van der Waals surface area contributed by atoms with E-state index in [9.17, 15) is 4.39 Å². The quantitative estimate of drug-likeness (QED) is 0.876. The number of nitrogens with zero attached hydrogens (tertiary/aromatic N) is 4. The summed E-state index contributed by atoms with van der Waals surface area (Å²) in [5, 5.41) is 11.8. The van der Waals surface area contributed by atoms with Crippen LogP contribution in [0.15, 0.2) is 12.1 Å². The number of benzene rings is 1. The molecule has 0 aliphatic heterocycles. The van der Waals surface area contributed by atoms with Crippen LogP contribution in [0.1, 0.15) is 30.9 Å². The highest BCUT2D eigenvalue weighted by Gasteiger charge is 2.29. The maximum Gasteiger partial charge on any atom is 0.182 e. The number of rotatable bonds is 3. The zero-order chi connectivity index (χ0) is 15.0. The minimum Gasteiger partial charge on any atom is -0.398 e. The van der Waals surface area contributed by atoms with Crippen molar-refractivity contribution in [3.63, 3.8) is 0 Å². The van der Waals surface area contributed by atoms with E-state index >= 15 is 0 Å². The number of aromatic nitrogens is 4. The van der Waals surface area contributed by atoms with Crippen molar-refractivity contribution in [1.29, 1.82) is 0 Å². The third kappa shape index (κ3) is 2.49. The van der Waals surface area contributed by atoms with Crippen molar-refractivity contribution >= 4 is 5.69 Å². The maximum absolute atomic E-state index is 13.9. The van der Waals surface area contributed by atoms with Gasteiger partial charge >= 0.3 is 0 Å². The van der Waals surface area contributed by atoms with Crippen LogP contribution in [0, 0.1) is 12.7 Å². The number of tetrazole rings is 1. The molecule has 0 bridgehead atoms. The predicted molar refractivity (Wildman–Crippen MR) is 76.0 cm³/mol. The van der Waals surface area contributed by atoms with Crippen molar-refractivity contribution in [2.24, 2.45) is 0 Å². The van der Waals surface area contributed by atoms with Gasteiger partial charge < -0.3 is 10.5 Å². The van der Waals surface area contributed by atoms with Crippen LogP contribution in [-0.2, 0) is 4.74 Å². The summed E-state index contributed by atoms with van der Waals surface area (Å²) in [4.78, 5) is 0. The van der Waals surface area contributed by atoms with Crippen LogP contribution in [-0.4, -0.2) is 33.4 Å². The molecule has 2 aromatic rings. The van der Waals surface area contributed by atoms with Gasteiger partial charge in [0.15, 0.2) is 5.82 Å². The number of anilines is 1. The molecule has 1 aromatic heterocycles. The highest BCUT2D eigenvalue weighted by atomic mass is 19.1. The Kier molecular flexibility index (Phi) is 3.59. The molecule has 0 amide bonds. The number of nitrogens with two attached hydrogens (primary N) is 1. The number of methoxy groups -OCH3 is 1. The molecule has 2 N–H and O–H groups in total. The van der Waals surface area contributed by atoms with Gasteiger partial charge in [-0.25, -0.2) is 9.07 Å². The highest BCUT2D eigenvalue weighted by molar-refractivity contribution is 5.64. The van der Waals surface area contributed by atoms with Crippen LogP contribution in [0.5, 0.6) is 0 Å². The summed E-state index contributed by atoms with van der Waals surface area (Å²) in [6.07, 6.45) is 3.01. The van der Waals surface area contributed by atoms with Gasteiger partial charge in [-0.3, -0.25) is 0 Å². The molecule has 0 spiro atoms. The van der Waals surface area contributed by atoms with Crippen LogP contribution in [0.4, 0.5) is 10.1 Å². The molecular formula is C14H18FN5O. The molecular weight excluding hydrogens is 273 g/mol. The number of ether oxygens (including phenoxy) is 1. The highest BCUT2D eigenvalue weighted by Crippen LogP contribution is 2.34. The van der Waals surface area contributed by atoms with E-state index in [1.807, 2.05) is 0 Å². The van der Waals surface area contributed by atoms with E-state index in [2.05, 4.69) is 15.5 Å². The van der Waals surface area contributed by atoms with Gasteiger partial charge in [-0.05, 0) is 48.7 Å². The molecule has 2 unspecified atom stereocenters. The molecule has 3 rings (SSSR count). The van der Waals surface area contributed by atoms with E-state index in [1.54, 1.807) is 24.8 Å². The molecule has 0 saturated heterocycles. The Morgan fingerprint density at radius 2 is 2.19 bits per heavy atom. The Morgan fingerprint density at radius 3 is 2.86 bits per heavy atom. The standard InChI is InChI=1S/C14H18FN5O/c1-8-12(15)5-9(6-13(8)16)14-17-18-19-20(14)10-3-4-11(7-10)21-2/h5-6,10-11H,3-4,7,16H2,1-2H3. The Bertz CT molecular complexity index is 634. The summed E-state index contributed by atoms with van der Waals surface area (Å²) >= 11 is 0. The second-order valence-corrected chi connectivity index (χ2v) is 5.44. The van der Waals surface area contributed by atoms with Crippen molar-refractivity contribution < 1.29 is 9.13 Å². The third-order valence-electron chi connectivity index (χ3n) is 4.17. The first-order chi connectivity index (χ1) is 10.1. The van der Waals surface area contributed by atoms with Crippen molar-refractivity contribution in [3.05, 3.63) is 23.5 Å². The Morgan fingerprint density at radius 1 is 1.38 bits per heavy atom. The van der Waals surface area contributed by atoms with Gasteiger partial charge in [0, 0.05) is 23.9 Å². The average molecular weight is 291 g/mol. The smallest absolute Gasteiger partial charge is 0.182 e. The summed E-state index contributed by atoms with van der Waals surface area (Å²) in [6.45, 7) is 1.65. The number of nitrogen functional groups attached to an aromatic ring is 1. The van der Waals surface area contributed by atoms with Crippen LogP contribution < -0.4 is 5.73 Å². The largest absolute Gasteiger partial charge is 0.398 e. The van der Waals surface area contributed by atoms with E-state index < -0.39 is 0 Å². The third-order valence-corrected chi connectivity index (χ3v) is 4.17. The Hall–Kier alpha value is -2.02. The van der Waals surface area contributed by atoms with Gasteiger partial charge in [-0.2, -0.15) is 0 Å². The predicted octanol–water partition coefficient (Wildman–Crippen LogP) is 2.11. The lowest BCUT2D eigenvalue weighted by atomic mass is 10.1. The number of hydrogen-bond acceptors (Lipinski definition) is 5. The summed E-state index contributed by atoms with van der Waals surface area (Å²) in [6, 6.07) is 3.31. The van der Waals surface area contributed by atoms with Crippen molar-refractivity contribution in [1.82, 2.24) is 20.2 Å². The summed E-state index contributed by atoms with van der Waals surface area (Å²) in [5.41, 5.74) is 7.28. The van der Waals surface area contributed by atoms with Gasteiger partial charge in [0.1, 0.15) is 5.82 Å². The average Bonchev–Trinajstić information content (AvgIpc) is 3.12. The molecule has 1 aliphatic carbocycles. The first-order valence-corrected chi connectivity index (χ1v) is 6.96. The van der Waals surface area contributed by atoms with Gasteiger partial charge in [0.05, 0.1) is 12.1 Å². The fourth-order valence-corrected chi connectivity index (χ4v) is 2.81. The van der Waals surface area contributed by atoms with Gasteiger partial charge in [-0.15, -0.1) is 5.10 Å². The minimum absolute atomic E-state index is 0.172. The molecule has 7 heteroatoms. The fraction of sp³-hybridized carbons (Fsp3) is 0.500. The molecule has 1 saturated carbocycles. The fourth-order valence-electron chi connectivity index (χ4n) is 2.81. The van der Waals surface area contributed by atoms with E-state index in [1.165, 1.54) is 6.07 Å². The SMILES string of the molecule is COC1CCC(n2nnnc2-c2cc(N)c(C)c(F)c2)C1. The number of hydrogen-bond donors (Lipinski definition) is 1. The Labute approximate surface area is 122 Å². The monoisotopic (exact) mass is 291 g/mol. The van der Waals surface area contributed by atoms with Crippen LogP contribution in [0.2, 0.25) is 0 Å². The molecule has 1 fully saturated rings. The van der Waals surface area contributed by atoms with Gasteiger partial charge in [0.25, 0.3) is 0 Å². The van der Waals surface area contributed by atoms with E-state index in [0.717, 1.165) is 19.3 Å². The molecule has 21 heavy (non-hydrogen) atoms. The lowest BCUT2D eigenvalue weighted by molar-refractivity contribution is 0.105. The topological polar surface area (TPSA) is 78.8 Å². The summed E-state index contributed by atoms with van der Waals surface area (Å²) in [5.74, 6) is 0.197. The molecule has 1 aliphatic rings. The lowest BCUT2D eigenvalue weighted by Crippen LogP contribution is -2.12. The molecule has 0 radical (unpaired) electrons. The van der Waals surface area contributed by atoms with Crippen molar-refractivity contribution in [2.75, 3.05) is 12.8 Å². The van der Waals surface area contributed by atoms with Crippen molar-refractivity contribution in [3.8, 4) is 11.4 Å². The van der Waals surface area contributed by atoms with Crippen LogP contribution in [0.25, 0.3) is 11.4 Å². The maximum atomic E-state index is 13.9. The van der Waals surface area contributed by atoms with E-state index in [4.69, 9.17) is 10.5 Å². The summed E-state index contributed by atoms with van der Waals surface area (Å²) in [7, 11) is 1.71. The van der Waals surface area contributed by atoms with E-state index in [0.29, 0.717) is 22.6 Å². The molecule has 2 atom stereocenters. The van der Waals surface area contributed by atoms with Gasteiger partial charge in [-0.1, -0.05) is 0 Å². The minimum atomic E-state index is -0.347. The van der Waals surface area contributed by atoms with E-state index in [-0.39, 0.29) is 18.0 Å². The first kappa shape index (κ1) is 13.9. The second kappa shape index (κ2) is 5.40. The molecule has 112 valence electrons. The molecule has 6 nitrogen and oxygen atoms in total. The van der Waals surface area contributed by atoms with Gasteiger partial charge in [0.2, 0.25) is 0 Å². The zero-order valence-corrected chi connectivity index (χ0v) is 12.1. The normalized spacial score (nSPS) is 21.9.